The van der Waals surface area contributed by atoms with Gasteiger partial charge in [0, 0.05) is 23.8 Å². The lowest BCUT2D eigenvalue weighted by Crippen LogP contribution is -2.05. The first kappa shape index (κ1) is 12.9. The third-order valence-electron chi connectivity index (χ3n) is 2.55. The summed E-state index contributed by atoms with van der Waals surface area (Å²) >= 11 is 5.75. The molecule has 2 rings (SSSR count). The monoisotopic (exact) mass is 271 g/mol. The molecule has 2 aromatic rings. The fraction of sp³-hybridized carbons (Fsp3) is 0.154. The van der Waals surface area contributed by atoms with E-state index in [1.165, 1.54) is 12.3 Å². The van der Waals surface area contributed by atoms with Crippen LogP contribution in [0, 0.1) is 0 Å². The molecule has 0 saturated carbocycles. The smallest absolute Gasteiger partial charge is 0.264 e. The molecule has 1 aromatic carbocycles. The lowest BCUT2D eigenvalue weighted by molar-refractivity contribution is -0.137. The van der Waals surface area contributed by atoms with E-state index in [0.717, 1.165) is 12.1 Å². The summed E-state index contributed by atoms with van der Waals surface area (Å²) < 4.78 is 38.0. The summed E-state index contributed by atoms with van der Waals surface area (Å²) in [5.41, 5.74) is 1.06. The molecule has 1 heterocycles. The van der Waals surface area contributed by atoms with Gasteiger partial charge in [-0.15, -0.1) is 11.6 Å². The summed E-state index contributed by atoms with van der Waals surface area (Å²) in [4.78, 5) is 3.90. The van der Waals surface area contributed by atoms with Crippen LogP contribution in [0.25, 0.3) is 11.1 Å². The molecular weight excluding hydrogens is 263 g/mol. The van der Waals surface area contributed by atoms with Crippen molar-refractivity contribution in [3.05, 3.63) is 53.9 Å². The van der Waals surface area contributed by atoms with Crippen LogP contribution in [0.2, 0.25) is 0 Å². The average molecular weight is 272 g/mol. The highest BCUT2D eigenvalue weighted by Gasteiger charge is 2.31. The van der Waals surface area contributed by atoms with Crippen molar-refractivity contribution in [3.63, 3.8) is 0 Å². The first-order valence-corrected chi connectivity index (χ1v) is 5.72. The summed E-state index contributed by atoms with van der Waals surface area (Å²) in [6.45, 7) is 0. The van der Waals surface area contributed by atoms with Crippen LogP contribution in [-0.2, 0) is 12.1 Å². The Morgan fingerprint density at radius 3 is 2.50 bits per heavy atom. The molecule has 1 nitrogen and oxygen atoms in total. The number of aromatic nitrogens is 1. The van der Waals surface area contributed by atoms with Gasteiger partial charge in [0.25, 0.3) is 0 Å². The molecule has 0 spiro atoms. The first-order chi connectivity index (χ1) is 8.52. The van der Waals surface area contributed by atoms with Gasteiger partial charge in [-0.1, -0.05) is 12.1 Å². The predicted octanol–water partition coefficient (Wildman–Crippen LogP) is 4.51. The molecular formula is C13H9ClF3N. The van der Waals surface area contributed by atoms with Gasteiger partial charge in [-0.25, -0.2) is 0 Å². The van der Waals surface area contributed by atoms with Crippen molar-refractivity contribution in [2.24, 2.45) is 0 Å². The molecule has 0 saturated heterocycles. The standard InChI is InChI=1S/C13H9ClF3N/c14-7-9-3-4-11(13(15,16)17)6-12(9)10-2-1-5-18-8-10/h1-6,8H,7H2. The maximum Gasteiger partial charge on any atom is 0.416 e. The number of hydrogen-bond acceptors (Lipinski definition) is 1. The second-order valence-electron chi connectivity index (χ2n) is 3.75. The van der Waals surface area contributed by atoms with Crippen LogP contribution in [0.4, 0.5) is 13.2 Å². The zero-order chi connectivity index (χ0) is 13.2. The fourth-order valence-corrected chi connectivity index (χ4v) is 1.89. The Balaban J connectivity index is 2.57. The van der Waals surface area contributed by atoms with Crippen molar-refractivity contribution in [1.82, 2.24) is 4.98 Å². The van der Waals surface area contributed by atoms with E-state index < -0.39 is 11.7 Å². The Morgan fingerprint density at radius 2 is 1.94 bits per heavy atom. The number of rotatable bonds is 2. The minimum absolute atomic E-state index is 0.155. The third-order valence-corrected chi connectivity index (χ3v) is 2.84. The minimum Gasteiger partial charge on any atom is -0.264 e. The number of alkyl halides is 4. The number of hydrogen-bond donors (Lipinski definition) is 0. The van der Waals surface area contributed by atoms with Crippen molar-refractivity contribution >= 4 is 11.6 Å². The van der Waals surface area contributed by atoms with Crippen LogP contribution in [0.3, 0.4) is 0 Å². The minimum atomic E-state index is -4.36. The van der Waals surface area contributed by atoms with Gasteiger partial charge in [0.05, 0.1) is 5.56 Å². The van der Waals surface area contributed by atoms with Gasteiger partial charge >= 0.3 is 6.18 Å². The second kappa shape index (κ2) is 4.98. The number of nitrogens with zero attached hydrogens (tertiary/aromatic N) is 1. The fourth-order valence-electron chi connectivity index (χ4n) is 1.66. The summed E-state index contributed by atoms with van der Waals surface area (Å²) in [5.74, 6) is 0.155. The Hall–Kier alpha value is -1.55. The van der Waals surface area contributed by atoms with Crippen molar-refractivity contribution in [3.8, 4) is 11.1 Å². The van der Waals surface area contributed by atoms with Gasteiger partial charge in [-0.3, -0.25) is 4.98 Å². The lowest BCUT2D eigenvalue weighted by Gasteiger charge is -2.12. The maximum atomic E-state index is 12.7. The molecule has 0 unspecified atom stereocenters. The summed E-state index contributed by atoms with van der Waals surface area (Å²) in [7, 11) is 0. The van der Waals surface area contributed by atoms with Gasteiger partial charge in [0.15, 0.2) is 0 Å². The number of pyridine rings is 1. The lowest BCUT2D eigenvalue weighted by atomic mass is 9.99. The summed E-state index contributed by atoms with van der Waals surface area (Å²) in [5, 5.41) is 0. The Kier molecular flexibility index (Phi) is 3.57. The second-order valence-corrected chi connectivity index (χ2v) is 4.01. The molecule has 0 radical (unpaired) electrons. The number of benzene rings is 1. The Labute approximate surface area is 107 Å². The highest BCUT2D eigenvalue weighted by Crippen LogP contribution is 2.34. The molecule has 18 heavy (non-hydrogen) atoms. The van der Waals surface area contributed by atoms with Gasteiger partial charge in [-0.05, 0) is 29.3 Å². The molecule has 1 aromatic heterocycles. The molecule has 5 heteroatoms. The van der Waals surface area contributed by atoms with Gasteiger partial charge in [0.1, 0.15) is 0 Å². The Bertz CT molecular complexity index is 538. The van der Waals surface area contributed by atoms with Crippen LogP contribution >= 0.6 is 11.6 Å². The van der Waals surface area contributed by atoms with Gasteiger partial charge in [-0.2, -0.15) is 13.2 Å². The van der Waals surface area contributed by atoms with Gasteiger partial charge in [0.2, 0.25) is 0 Å². The van der Waals surface area contributed by atoms with Crippen molar-refractivity contribution in [2.45, 2.75) is 12.1 Å². The SMILES string of the molecule is FC(F)(F)c1ccc(CCl)c(-c2cccnc2)c1. The molecule has 0 amide bonds. The molecule has 94 valence electrons. The van der Waals surface area contributed by atoms with Crippen LogP contribution in [0.15, 0.2) is 42.7 Å². The Morgan fingerprint density at radius 1 is 1.17 bits per heavy atom. The largest absolute Gasteiger partial charge is 0.416 e. The van der Waals surface area contributed by atoms with Crippen molar-refractivity contribution in [1.29, 1.82) is 0 Å². The van der Waals surface area contributed by atoms with Gasteiger partial charge < -0.3 is 0 Å². The van der Waals surface area contributed by atoms with Crippen molar-refractivity contribution < 1.29 is 13.2 Å². The molecule has 0 fully saturated rings. The molecule has 0 N–H and O–H groups in total. The van der Waals surface area contributed by atoms with E-state index in [4.69, 9.17) is 11.6 Å². The summed E-state index contributed by atoms with van der Waals surface area (Å²) in [6.07, 6.45) is -1.27. The zero-order valence-corrected chi connectivity index (χ0v) is 9.96. The predicted molar refractivity (Wildman–Crippen MR) is 64.2 cm³/mol. The van der Waals surface area contributed by atoms with E-state index in [0.29, 0.717) is 16.7 Å². The van der Waals surface area contributed by atoms with E-state index >= 15 is 0 Å². The normalized spacial score (nSPS) is 11.6. The molecule has 0 bridgehead atoms. The van der Waals surface area contributed by atoms with Crippen LogP contribution < -0.4 is 0 Å². The molecule has 0 aliphatic rings. The molecule has 0 aliphatic heterocycles. The van der Waals surface area contributed by atoms with Crippen LogP contribution in [0.1, 0.15) is 11.1 Å². The maximum absolute atomic E-state index is 12.7. The summed E-state index contributed by atoms with van der Waals surface area (Å²) in [6, 6.07) is 6.93. The van der Waals surface area contributed by atoms with E-state index in [2.05, 4.69) is 4.98 Å². The molecule has 0 aliphatic carbocycles. The van der Waals surface area contributed by atoms with E-state index in [9.17, 15) is 13.2 Å². The van der Waals surface area contributed by atoms with E-state index in [-0.39, 0.29) is 5.88 Å². The van der Waals surface area contributed by atoms with E-state index in [1.54, 1.807) is 18.3 Å². The average Bonchev–Trinajstić information content (AvgIpc) is 2.38. The van der Waals surface area contributed by atoms with Crippen LogP contribution in [-0.4, -0.2) is 4.98 Å². The molecule has 0 atom stereocenters. The van der Waals surface area contributed by atoms with Crippen molar-refractivity contribution in [2.75, 3.05) is 0 Å². The quantitative estimate of drug-likeness (QED) is 0.733. The van der Waals surface area contributed by atoms with E-state index in [1.807, 2.05) is 0 Å². The first-order valence-electron chi connectivity index (χ1n) is 5.19. The highest BCUT2D eigenvalue weighted by molar-refractivity contribution is 6.17. The topological polar surface area (TPSA) is 12.9 Å². The van der Waals surface area contributed by atoms with Crippen LogP contribution in [0.5, 0.6) is 0 Å². The zero-order valence-electron chi connectivity index (χ0n) is 9.21. The highest BCUT2D eigenvalue weighted by atomic mass is 35.5. The number of halogens is 4. The third kappa shape index (κ3) is 2.64.